The van der Waals surface area contributed by atoms with Gasteiger partial charge in [0.05, 0.1) is 0 Å². The molecule has 1 saturated carbocycles. The zero-order valence-corrected chi connectivity index (χ0v) is 11.1. The molecule has 1 amide bonds. The lowest BCUT2D eigenvalue weighted by Gasteiger charge is -2.05. The highest BCUT2D eigenvalue weighted by molar-refractivity contribution is 6.06. The van der Waals surface area contributed by atoms with Crippen molar-refractivity contribution in [1.29, 1.82) is 5.26 Å². The monoisotopic (exact) mass is 269 g/mol. The van der Waals surface area contributed by atoms with Crippen LogP contribution in [0, 0.1) is 11.3 Å². The molecular weight excluding hydrogens is 254 g/mol. The Bertz CT molecular complexity index is 593. The number of anilines is 1. The van der Waals surface area contributed by atoms with Crippen molar-refractivity contribution >= 4 is 17.4 Å². The Kier molecular flexibility index (Phi) is 4.16. The van der Waals surface area contributed by atoms with E-state index in [9.17, 15) is 9.59 Å². The van der Waals surface area contributed by atoms with Crippen molar-refractivity contribution < 1.29 is 9.59 Å². The number of nitrogens with zero attached hydrogens (tertiary/aromatic N) is 1. The summed E-state index contributed by atoms with van der Waals surface area (Å²) < 4.78 is 0. The van der Waals surface area contributed by atoms with Crippen LogP contribution in [0.1, 0.15) is 30.1 Å². The zero-order valence-electron chi connectivity index (χ0n) is 11.1. The Balaban J connectivity index is 2.00. The van der Waals surface area contributed by atoms with Gasteiger partial charge in [-0.05, 0) is 44.0 Å². The molecule has 1 aliphatic rings. The maximum absolute atomic E-state index is 11.9. The molecule has 0 aliphatic heterocycles. The molecule has 0 radical (unpaired) electrons. The second kappa shape index (κ2) is 6.02. The molecule has 0 spiro atoms. The summed E-state index contributed by atoms with van der Waals surface area (Å²) in [5.41, 5.74) is 1.16. The van der Waals surface area contributed by atoms with E-state index in [0.29, 0.717) is 17.3 Å². The van der Waals surface area contributed by atoms with Gasteiger partial charge in [0.1, 0.15) is 11.6 Å². The zero-order chi connectivity index (χ0) is 14.5. The molecule has 0 unspecified atom stereocenters. The number of nitriles is 1. The molecule has 0 heterocycles. The van der Waals surface area contributed by atoms with Crippen molar-refractivity contribution in [2.75, 3.05) is 5.32 Å². The maximum atomic E-state index is 11.9. The average Bonchev–Trinajstić information content (AvgIpc) is 3.24. The summed E-state index contributed by atoms with van der Waals surface area (Å²) in [6.07, 6.45) is 3.60. The molecule has 1 fully saturated rings. The van der Waals surface area contributed by atoms with Gasteiger partial charge < -0.3 is 10.6 Å². The molecule has 0 aromatic heterocycles. The highest BCUT2D eigenvalue weighted by Crippen LogP contribution is 2.18. The van der Waals surface area contributed by atoms with Gasteiger partial charge in [-0.3, -0.25) is 9.59 Å². The summed E-state index contributed by atoms with van der Waals surface area (Å²) in [6, 6.07) is 8.80. The first-order chi connectivity index (χ1) is 9.60. The molecule has 20 heavy (non-hydrogen) atoms. The predicted molar refractivity (Wildman–Crippen MR) is 74.9 cm³/mol. The van der Waals surface area contributed by atoms with E-state index in [0.717, 1.165) is 12.8 Å². The molecule has 0 bridgehead atoms. The third kappa shape index (κ3) is 3.69. The second-order valence-corrected chi connectivity index (χ2v) is 4.70. The number of amides is 1. The molecule has 5 nitrogen and oxygen atoms in total. The van der Waals surface area contributed by atoms with E-state index in [1.165, 1.54) is 13.1 Å². The number of hydrogen-bond acceptors (Lipinski definition) is 4. The van der Waals surface area contributed by atoms with Gasteiger partial charge in [0.25, 0.3) is 5.91 Å². The molecule has 2 N–H and O–H groups in total. The molecule has 5 heteroatoms. The van der Waals surface area contributed by atoms with Crippen LogP contribution >= 0.6 is 0 Å². The molecule has 1 aromatic rings. The second-order valence-electron chi connectivity index (χ2n) is 4.70. The summed E-state index contributed by atoms with van der Waals surface area (Å²) in [4.78, 5) is 23.0. The summed E-state index contributed by atoms with van der Waals surface area (Å²) >= 11 is 0. The number of rotatable bonds is 5. The summed E-state index contributed by atoms with van der Waals surface area (Å²) in [7, 11) is 0. The average molecular weight is 269 g/mol. The maximum Gasteiger partial charge on any atom is 0.267 e. The molecule has 0 atom stereocenters. The molecule has 2 rings (SSSR count). The predicted octanol–water partition coefficient (Wildman–Crippen LogP) is 1.99. The van der Waals surface area contributed by atoms with Crippen LogP contribution < -0.4 is 10.6 Å². The fraction of sp³-hybridized carbons (Fsp3) is 0.267. The molecule has 1 aromatic carbocycles. The standard InChI is InChI=1S/C15H15N3O2/c1-10(19)11-2-4-14(5-3-11)18-15(20)12(8-16)9-17-13-6-7-13/h2-5,9,13,17H,6-7H2,1H3,(H,18,20)/b12-9-. The minimum Gasteiger partial charge on any atom is -0.387 e. The van der Waals surface area contributed by atoms with Gasteiger partial charge >= 0.3 is 0 Å². The van der Waals surface area contributed by atoms with Crippen LogP contribution in [0.15, 0.2) is 36.0 Å². The number of carbonyl (C=O) groups excluding carboxylic acids is 2. The number of carbonyl (C=O) groups is 2. The van der Waals surface area contributed by atoms with Gasteiger partial charge in [0.15, 0.2) is 5.78 Å². The Morgan fingerprint density at radius 2 is 1.95 bits per heavy atom. The van der Waals surface area contributed by atoms with Gasteiger partial charge in [-0.1, -0.05) is 0 Å². The van der Waals surface area contributed by atoms with Crippen molar-refractivity contribution in [1.82, 2.24) is 5.32 Å². The quantitative estimate of drug-likeness (QED) is 0.486. The van der Waals surface area contributed by atoms with E-state index in [-0.39, 0.29) is 11.4 Å². The van der Waals surface area contributed by atoms with Crippen molar-refractivity contribution in [3.63, 3.8) is 0 Å². The van der Waals surface area contributed by atoms with Crippen LogP contribution in [0.3, 0.4) is 0 Å². The van der Waals surface area contributed by atoms with E-state index in [1.807, 2.05) is 6.07 Å². The third-order valence-electron chi connectivity index (χ3n) is 2.96. The van der Waals surface area contributed by atoms with Crippen molar-refractivity contribution in [2.45, 2.75) is 25.8 Å². The number of benzene rings is 1. The first kappa shape index (κ1) is 13.8. The fourth-order valence-electron chi connectivity index (χ4n) is 1.59. The Labute approximate surface area is 117 Å². The number of Topliss-reactive ketones (excluding diaryl/α,β-unsaturated/α-hetero) is 1. The van der Waals surface area contributed by atoms with E-state index in [2.05, 4.69) is 10.6 Å². The Hall–Kier alpha value is -2.61. The minimum absolute atomic E-state index is 0.0332. The van der Waals surface area contributed by atoms with E-state index in [4.69, 9.17) is 5.26 Å². The van der Waals surface area contributed by atoms with Crippen molar-refractivity contribution in [3.8, 4) is 6.07 Å². The highest BCUT2D eigenvalue weighted by atomic mass is 16.1. The van der Waals surface area contributed by atoms with Crippen LogP contribution in [-0.2, 0) is 4.79 Å². The van der Waals surface area contributed by atoms with E-state index in [1.54, 1.807) is 24.3 Å². The van der Waals surface area contributed by atoms with Crippen LogP contribution in [0.5, 0.6) is 0 Å². The van der Waals surface area contributed by atoms with Crippen LogP contribution in [0.2, 0.25) is 0 Å². The number of nitrogens with one attached hydrogen (secondary N) is 2. The van der Waals surface area contributed by atoms with Crippen molar-refractivity contribution in [3.05, 3.63) is 41.6 Å². The van der Waals surface area contributed by atoms with Crippen LogP contribution in [0.4, 0.5) is 5.69 Å². The van der Waals surface area contributed by atoms with Crippen LogP contribution in [-0.4, -0.2) is 17.7 Å². The molecule has 0 saturated heterocycles. The summed E-state index contributed by atoms with van der Waals surface area (Å²) in [5, 5.41) is 14.6. The first-order valence-corrected chi connectivity index (χ1v) is 6.39. The Morgan fingerprint density at radius 3 is 2.45 bits per heavy atom. The smallest absolute Gasteiger partial charge is 0.267 e. The Morgan fingerprint density at radius 1 is 1.30 bits per heavy atom. The highest BCUT2D eigenvalue weighted by Gasteiger charge is 2.20. The van der Waals surface area contributed by atoms with Gasteiger partial charge in [-0.2, -0.15) is 5.26 Å². The summed E-state index contributed by atoms with van der Waals surface area (Å²) in [6.45, 7) is 1.48. The van der Waals surface area contributed by atoms with Crippen molar-refractivity contribution in [2.24, 2.45) is 0 Å². The third-order valence-corrected chi connectivity index (χ3v) is 2.96. The van der Waals surface area contributed by atoms with E-state index < -0.39 is 5.91 Å². The van der Waals surface area contributed by atoms with Gasteiger partial charge in [0.2, 0.25) is 0 Å². The molecule has 102 valence electrons. The summed E-state index contributed by atoms with van der Waals surface area (Å²) in [5.74, 6) is -0.495. The number of hydrogen-bond donors (Lipinski definition) is 2. The van der Waals surface area contributed by atoms with Gasteiger partial charge in [0, 0.05) is 23.5 Å². The number of ketones is 1. The molecular formula is C15H15N3O2. The largest absolute Gasteiger partial charge is 0.387 e. The van der Waals surface area contributed by atoms with Gasteiger partial charge in [-0.25, -0.2) is 0 Å². The lowest BCUT2D eigenvalue weighted by atomic mass is 10.1. The minimum atomic E-state index is -0.462. The lowest BCUT2D eigenvalue weighted by molar-refractivity contribution is -0.112. The topological polar surface area (TPSA) is 82.0 Å². The normalized spacial score (nSPS) is 14.3. The van der Waals surface area contributed by atoms with E-state index >= 15 is 0 Å². The SMILES string of the molecule is CC(=O)c1ccc(NC(=O)/C(C#N)=C\NC2CC2)cc1. The first-order valence-electron chi connectivity index (χ1n) is 6.39. The van der Waals surface area contributed by atoms with Gasteiger partial charge in [-0.15, -0.1) is 0 Å². The van der Waals surface area contributed by atoms with Crippen LogP contribution in [0.25, 0.3) is 0 Å². The lowest BCUT2D eigenvalue weighted by Crippen LogP contribution is -2.17. The molecule has 1 aliphatic carbocycles. The fourth-order valence-corrected chi connectivity index (χ4v) is 1.59.